The van der Waals surface area contributed by atoms with Crippen molar-refractivity contribution in [2.75, 3.05) is 37.6 Å². The molecule has 0 saturated carbocycles. The number of benzene rings is 1. The van der Waals surface area contributed by atoms with Gasteiger partial charge in [-0.25, -0.2) is 9.97 Å². The number of carbonyl (C=O) groups is 2. The quantitative estimate of drug-likeness (QED) is 0.887. The van der Waals surface area contributed by atoms with Crippen molar-refractivity contribution in [3.8, 4) is 0 Å². The van der Waals surface area contributed by atoms with Crippen LogP contribution < -0.4 is 10.2 Å². The van der Waals surface area contributed by atoms with Crippen molar-refractivity contribution >= 4 is 29.4 Å². The number of hydrogen-bond acceptors (Lipinski definition) is 5. The van der Waals surface area contributed by atoms with Crippen LogP contribution in [0.4, 0.5) is 5.95 Å². The molecule has 2 amide bonds. The van der Waals surface area contributed by atoms with E-state index in [1.54, 1.807) is 47.6 Å². The Labute approximate surface area is 150 Å². The Morgan fingerprint density at radius 1 is 1.04 bits per heavy atom. The molecule has 2 aromatic rings. The van der Waals surface area contributed by atoms with E-state index in [0.717, 1.165) is 0 Å². The van der Waals surface area contributed by atoms with E-state index in [0.29, 0.717) is 42.7 Å². The predicted molar refractivity (Wildman–Crippen MR) is 94.6 cm³/mol. The molecule has 130 valence electrons. The first-order valence-corrected chi connectivity index (χ1v) is 8.35. The number of amides is 2. The molecule has 7 nitrogen and oxygen atoms in total. The molecule has 0 bridgehead atoms. The van der Waals surface area contributed by atoms with Crippen LogP contribution in [-0.4, -0.2) is 59.4 Å². The van der Waals surface area contributed by atoms with Gasteiger partial charge in [0.15, 0.2) is 0 Å². The monoisotopic (exact) mass is 359 g/mol. The van der Waals surface area contributed by atoms with Gasteiger partial charge in [-0.3, -0.25) is 9.59 Å². The normalized spacial score (nSPS) is 14.3. The summed E-state index contributed by atoms with van der Waals surface area (Å²) in [4.78, 5) is 36.6. The lowest BCUT2D eigenvalue weighted by atomic mass is 10.2. The number of nitrogens with one attached hydrogen (secondary N) is 1. The summed E-state index contributed by atoms with van der Waals surface area (Å²) in [6.07, 6.45) is 3.40. The average Bonchev–Trinajstić information content (AvgIpc) is 2.67. The number of piperazine rings is 1. The van der Waals surface area contributed by atoms with Crippen molar-refractivity contribution in [2.45, 2.75) is 0 Å². The molecule has 1 N–H and O–H groups in total. The van der Waals surface area contributed by atoms with Crippen LogP contribution in [0.3, 0.4) is 0 Å². The standard InChI is InChI=1S/C17H18ClN5O2/c18-14-5-2-1-4-13(14)16(25)21-12-15(24)22-8-10-23(11-9-22)17-19-6-3-7-20-17/h1-7H,8-12H2,(H,21,25). The Morgan fingerprint density at radius 3 is 2.40 bits per heavy atom. The topological polar surface area (TPSA) is 78.4 Å². The van der Waals surface area contributed by atoms with E-state index in [2.05, 4.69) is 15.3 Å². The highest BCUT2D eigenvalue weighted by molar-refractivity contribution is 6.33. The minimum atomic E-state index is -0.352. The maximum Gasteiger partial charge on any atom is 0.253 e. The number of halogens is 1. The maximum absolute atomic E-state index is 12.3. The average molecular weight is 360 g/mol. The molecule has 25 heavy (non-hydrogen) atoms. The number of anilines is 1. The van der Waals surface area contributed by atoms with Crippen molar-refractivity contribution in [3.63, 3.8) is 0 Å². The lowest BCUT2D eigenvalue weighted by Crippen LogP contribution is -2.51. The van der Waals surface area contributed by atoms with E-state index in [-0.39, 0.29) is 18.4 Å². The zero-order chi connectivity index (χ0) is 17.6. The van der Waals surface area contributed by atoms with Gasteiger partial charge in [-0.05, 0) is 18.2 Å². The molecule has 1 aliphatic heterocycles. The van der Waals surface area contributed by atoms with Gasteiger partial charge < -0.3 is 15.1 Å². The third-order valence-electron chi connectivity index (χ3n) is 3.99. The van der Waals surface area contributed by atoms with Crippen molar-refractivity contribution < 1.29 is 9.59 Å². The van der Waals surface area contributed by atoms with Gasteiger partial charge >= 0.3 is 0 Å². The minimum absolute atomic E-state index is 0.0497. The van der Waals surface area contributed by atoms with Gasteiger partial charge in [0.05, 0.1) is 17.1 Å². The second kappa shape index (κ2) is 7.94. The Bertz CT molecular complexity index is 748. The molecule has 1 aromatic carbocycles. The molecule has 0 atom stereocenters. The molecule has 8 heteroatoms. The second-order valence-corrected chi connectivity index (χ2v) is 5.99. The Morgan fingerprint density at radius 2 is 1.72 bits per heavy atom. The Hall–Kier alpha value is -2.67. The number of nitrogens with zero attached hydrogens (tertiary/aromatic N) is 4. The summed E-state index contributed by atoms with van der Waals surface area (Å²) in [5.74, 6) is 0.200. The SMILES string of the molecule is O=C(NCC(=O)N1CCN(c2ncccn2)CC1)c1ccccc1Cl. The molecule has 3 rings (SSSR count). The van der Waals surface area contributed by atoms with E-state index in [1.165, 1.54) is 0 Å². The van der Waals surface area contributed by atoms with Gasteiger partial charge in [-0.2, -0.15) is 0 Å². The Kier molecular flexibility index (Phi) is 5.45. The van der Waals surface area contributed by atoms with E-state index >= 15 is 0 Å². The molecule has 0 unspecified atom stereocenters. The van der Waals surface area contributed by atoms with E-state index in [4.69, 9.17) is 11.6 Å². The summed E-state index contributed by atoms with van der Waals surface area (Å²) in [6, 6.07) is 8.52. The number of aromatic nitrogens is 2. The van der Waals surface area contributed by atoms with Gasteiger partial charge in [0.25, 0.3) is 5.91 Å². The molecule has 2 heterocycles. The number of hydrogen-bond donors (Lipinski definition) is 1. The summed E-state index contributed by atoms with van der Waals surface area (Å²) in [5.41, 5.74) is 0.364. The largest absolute Gasteiger partial charge is 0.343 e. The van der Waals surface area contributed by atoms with E-state index in [1.807, 2.05) is 4.90 Å². The summed E-state index contributed by atoms with van der Waals surface area (Å²) in [7, 11) is 0. The molecule has 0 spiro atoms. The van der Waals surface area contributed by atoms with Gasteiger partial charge in [0, 0.05) is 38.6 Å². The highest BCUT2D eigenvalue weighted by atomic mass is 35.5. The first-order chi connectivity index (χ1) is 12.1. The van der Waals surface area contributed by atoms with Crippen molar-refractivity contribution in [3.05, 3.63) is 53.3 Å². The Balaban J connectivity index is 1.48. The molecule has 0 radical (unpaired) electrons. The van der Waals surface area contributed by atoms with Gasteiger partial charge in [-0.1, -0.05) is 23.7 Å². The van der Waals surface area contributed by atoms with Gasteiger partial charge in [-0.15, -0.1) is 0 Å². The zero-order valence-electron chi connectivity index (χ0n) is 13.6. The first-order valence-electron chi connectivity index (χ1n) is 7.97. The third kappa shape index (κ3) is 4.24. The van der Waals surface area contributed by atoms with E-state index in [9.17, 15) is 9.59 Å². The van der Waals surface area contributed by atoms with Crippen molar-refractivity contribution in [1.82, 2.24) is 20.2 Å². The first kappa shape index (κ1) is 17.2. The highest BCUT2D eigenvalue weighted by Gasteiger charge is 2.22. The predicted octanol–water partition coefficient (Wildman–Crippen LogP) is 1.21. The third-order valence-corrected chi connectivity index (χ3v) is 4.32. The van der Waals surface area contributed by atoms with Crippen LogP contribution in [0.5, 0.6) is 0 Å². The van der Waals surface area contributed by atoms with Crippen LogP contribution in [0.15, 0.2) is 42.7 Å². The molecule has 1 fully saturated rings. The fourth-order valence-corrected chi connectivity index (χ4v) is 2.84. The van der Waals surface area contributed by atoms with Gasteiger partial charge in [0.2, 0.25) is 11.9 Å². The fourth-order valence-electron chi connectivity index (χ4n) is 2.62. The molecule has 1 saturated heterocycles. The van der Waals surface area contributed by atoms with Crippen LogP contribution >= 0.6 is 11.6 Å². The lowest BCUT2D eigenvalue weighted by Gasteiger charge is -2.34. The molecular weight excluding hydrogens is 342 g/mol. The highest BCUT2D eigenvalue weighted by Crippen LogP contribution is 2.14. The number of carbonyl (C=O) groups excluding carboxylic acids is 2. The summed E-state index contributed by atoms with van der Waals surface area (Å²) >= 11 is 5.98. The summed E-state index contributed by atoms with van der Waals surface area (Å²) < 4.78 is 0. The molecule has 1 aliphatic rings. The fraction of sp³-hybridized carbons (Fsp3) is 0.294. The lowest BCUT2D eigenvalue weighted by molar-refractivity contribution is -0.130. The van der Waals surface area contributed by atoms with Gasteiger partial charge in [0.1, 0.15) is 0 Å². The maximum atomic E-state index is 12.3. The minimum Gasteiger partial charge on any atom is -0.343 e. The van der Waals surface area contributed by atoms with Crippen LogP contribution in [0.1, 0.15) is 10.4 Å². The molecular formula is C17H18ClN5O2. The summed E-state index contributed by atoms with van der Waals surface area (Å²) in [5, 5.41) is 2.99. The van der Waals surface area contributed by atoms with Crippen molar-refractivity contribution in [2.24, 2.45) is 0 Å². The molecule has 0 aliphatic carbocycles. The second-order valence-electron chi connectivity index (χ2n) is 5.58. The van der Waals surface area contributed by atoms with Crippen molar-refractivity contribution in [1.29, 1.82) is 0 Å². The van der Waals surface area contributed by atoms with Crippen LogP contribution in [0.25, 0.3) is 0 Å². The van der Waals surface area contributed by atoms with Crippen LogP contribution in [-0.2, 0) is 4.79 Å². The zero-order valence-corrected chi connectivity index (χ0v) is 14.3. The summed E-state index contributed by atoms with van der Waals surface area (Å²) in [6.45, 7) is 2.41. The van der Waals surface area contributed by atoms with Crippen LogP contribution in [0.2, 0.25) is 5.02 Å². The number of rotatable bonds is 4. The van der Waals surface area contributed by atoms with E-state index < -0.39 is 0 Å². The smallest absolute Gasteiger partial charge is 0.253 e. The van der Waals surface area contributed by atoms with Crippen LogP contribution in [0, 0.1) is 0 Å². The molecule has 1 aromatic heterocycles.